The zero-order valence-corrected chi connectivity index (χ0v) is 18.7. The van der Waals surface area contributed by atoms with Crippen LogP contribution in [0.15, 0.2) is 72.8 Å². The lowest BCUT2D eigenvalue weighted by Crippen LogP contribution is -2.16. The zero-order valence-electron chi connectivity index (χ0n) is 18.7. The Labute approximate surface area is 189 Å². The molecule has 0 spiro atoms. The first-order chi connectivity index (χ1) is 15.7. The highest BCUT2D eigenvalue weighted by Crippen LogP contribution is 2.21. The molecule has 0 aliphatic carbocycles. The summed E-state index contributed by atoms with van der Waals surface area (Å²) in [4.78, 5) is 17.5. The molecule has 4 aromatic rings. The Bertz CT molecular complexity index is 1200. The molecule has 0 bridgehead atoms. The maximum absolute atomic E-state index is 12.7. The van der Waals surface area contributed by atoms with E-state index in [1.54, 1.807) is 7.11 Å². The summed E-state index contributed by atoms with van der Waals surface area (Å²) in [6.07, 6.45) is 3.02. The molecule has 0 aliphatic rings. The Morgan fingerprint density at radius 2 is 1.72 bits per heavy atom. The molecule has 1 N–H and O–H groups in total. The fourth-order valence-electron chi connectivity index (χ4n) is 4.02. The highest BCUT2D eigenvalue weighted by molar-refractivity contribution is 5.93. The number of anilines is 1. The van der Waals surface area contributed by atoms with E-state index in [1.165, 1.54) is 5.52 Å². The number of methoxy groups -OCH3 is 1. The number of para-hydroxylation sites is 3. The van der Waals surface area contributed by atoms with Crippen LogP contribution in [0.1, 0.15) is 30.3 Å². The lowest BCUT2D eigenvalue weighted by atomic mass is 10.1. The molecule has 0 saturated heterocycles. The van der Waals surface area contributed by atoms with E-state index in [4.69, 9.17) is 9.72 Å². The summed E-state index contributed by atoms with van der Waals surface area (Å²) in [6, 6.07) is 23.9. The van der Waals surface area contributed by atoms with Gasteiger partial charge in [0.05, 0.1) is 24.6 Å². The van der Waals surface area contributed by atoms with Crippen molar-refractivity contribution in [2.24, 2.45) is 0 Å². The van der Waals surface area contributed by atoms with Gasteiger partial charge >= 0.3 is 0 Å². The molecule has 0 fully saturated rings. The number of imidazole rings is 1. The summed E-state index contributed by atoms with van der Waals surface area (Å²) in [5.74, 6) is 1.85. The number of nitrogens with zero attached hydrogens (tertiary/aromatic N) is 2. The van der Waals surface area contributed by atoms with Crippen LogP contribution in [0.3, 0.4) is 0 Å². The Morgan fingerprint density at radius 3 is 2.50 bits per heavy atom. The molecule has 4 rings (SSSR count). The Balaban J connectivity index is 1.46. The molecule has 0 aliphatic heterocycles. The minimum absolute atomic E-state index is 0.0270. The van der Waals surface area contributed by atoms with Gasteiger partial charge in [-0.15, -0.1) is 0 Å². The number of hydrogen-bond acceptors (Lipinski definition) is 3. The fourth-order valence-corrected chi connectivity index (χ4v) is 4.02. The van der Waals surface area contributed by atoms with Crippen molar-refractivity contribution in [3.05, 3.63) is 89.7 Å². The second kappa shape index (κ2) is 10.1. The van der Waals surface area contributed by atoms with Gasteiger partial charge in [-0.3, -0.25) is 4.79 Å². The van der Waals surface area contributed by atoms with Crippen molar-refractivity contribution < 1.29 is 9.53 Å². The molecular formula is C27H29N3O2. The van der Waals surface area contributed by atoms with Crippen molar-refractivity contribution in [3.63, 3.8) is 0 Å². The fraction of sp³-hybridized carbons (Fsp3) is 0.259. The van der Waals surface area contributed by atoms with Gasteiger partial charge in [-0.25, -0.2) is 4.98 Å². The standard InChI is InChI=1S/C27H29N3O2/c1-3-18-30-25-11-7-6-10-24(25)28-26(30)17-14-21-8-4-5-9-23(21)29-27(31)19-20-12-15-22(32-2)16-13-20/h4-13,15-16H,3,14,17-19H2,1-2H3,(H,29,31). The van der Waals surface area contributed by atoms with Gasteiger partial charge in [0.1, 0.15) is 11.6 Å². The molecule has 3 aromatic carbocycles. The van der Waals surface area contributed by atoms with Crippen molar-refractivity contribution in [3.8, 4) is 5.75 Å². The third-order valence-electron chi connectivity index (χ3n) is 5.61. The summed E-state index contributed by atoms with van der Waals surface area (Å²) in [5.41, 5.74) is 5.16. The first-order valence-electron chi connectivity index (χ1n) is 11.1. The van der Waals surface area contributed by atoms with E-state index in [-0.39, 0.29) is 5.91 Å². The average molecular weight is 428 g/mol. The summed E-state index contributed by atoms with van der Waals surface area (Å²) >= 11 is 0. The molecule has 1 heterocycles. The quantitative estimate of drug-likeness (QED) is 0.388. The third-order valence-corrected chi connectivity index (χ3v) is 5.61. The van der Waals surface area contributed by atoms with E-state index in [1.807, 2.05) is 48.5 Å². The number of amides is 1. The first kappa shape index (κ1) is 21.6. The average Bonchev–Trinajstić information content (AvgIpc) is 3.17. The number of aryl methyl sites for hydroxylation is 3. The number of hydrogen-bond donors (Lipinski definition) is 1. The topological polar surface area (TPSA) is 56.2 Å². The van der Waals surface area contributed by atoms with Crippen molar-refractivity contribution in [1.29, 1.82) is 0 Å². The normalized spacial score (nSPS) is 10.9. The predicted octanol–water partition coefficient (Wildman–Crippen LogP) is 5.42. The molecule has 1 amide bonds. The van der Waals surface area contributed by atoms with Gasteiger partial charge in [0.25, 0.3) is 0 Å². The number of carbonyl (C=O) groups excluding carboxylic acids is 1. The van der Waals surface area contributed by atoms with Crippen LogP contribution in [0.25, 0.3) is 11.0 Å². The SMILES string of the molecule is CCCn1c(CCc2ccccc2NC(=O)Cc2ccc(OC)cc2)nc2ccccc21. The second-order valence-electron chi connectivity index (χ2n) is 7.90. The van der Waals surface area contributed by atoms with Gasteiger partial charge in [-0.1, -0.05) is 49.4 Å². The minimum atomic E-state index is -0.0270. The number of ether oxygens (including phenoxy) is 1. The molecule has 164 valence electrons. The second-order valence-corrected chi connectivity index (χ2v) is 7.90. The summed E-state index contributed by atoms with van der Waals surface area (Å²) in [7, 11) is 1.63. The van der Waals surface area contributed by atoms with Crippen LogP contribution in [-0.2, 0) is 30.6 Å². The zero-order chi connectivity index (χ0) is 22.3. The van der Waals surface area contributed by atoms with Gasteiger partial charge < -0.3 is 14.6 Å². The van der Waals surface area contributed by atoms with Crippen LogP contribution in [-0.4, -0.2) is 22.6 Å². The number of benzene rings is 3. The number of nitrogens with one attached hydrogen (secondary N) is 1. The van der Waals surface area contributed by atoms with Crippen LogP contribution in [0.5, 0.6) is 5.75 Å². The summed E-state index contributed by atoms with van der Waals surface area (Å²) < 4.78 is 7.50. The van der Waals surface area contributed by atoms with Crippen molar-refractivity contribution in [2.75, 3.05) is 12.4 Å². The summed E-state index contributed by atoms with van der Waals surface area (Å²) in [5, 5.41) is 3.09. The van der Waals surface area contributed by atoms with Gasteiger partial charge in [0.15, 0.2) is 0 Å². The third kappa shape index (κ3) is 4.99. The number of aromatic nitrogens is 2. The largest absolute Gasteiger partial charge is 0.497 e. The molecule has 0 atom stereocenters. The van der Waals surface area contributed by atoms with E-state index in [2.05, 4.69) is 41.1 Å². The molecule has 5 heteroatoms. The van der Waals surface area contributed by atoms with E-state index in [0.29, 0.717) is 6.42 Å². The Morgan fingerprint density at radius 1 is 0.969 bits per heavy atom. The van der Waals surface area contributed by atoms with Crippen LogP contribution in [0, 0.1) is 0 Å². The minimum Gasteiger partial charge on any atom is -0.497 e. The monoisotopic (exact) mass is 427 g/mol. The summed E-state index contributed by atoms with van der Waals surface area (Å²) in [6.45, 7) is 3.14. The van der Waals surface area contributed by atoms with Gasteiger partial charge in [-0.2, -0.15) is 0 Å². The number of rotatable bonds is 9. The van der Waals surface area contributed by atoms with Crippen LogP contribution in [0.4, 0.5) is 5.69 Å². The lowest BCUT2D eigenvalue weighted by molar-refractivity contribution is -0.115. The Kier molecular flexibility index (Phi) is 6.85. The molecule has 1 aromatic heterocycles. The highest BCUT2D eigenvalue weighted by atomic mass is 16.5. The van der Waals surface area contributed by atoms with Crippen molar-refractivity contribution >= 4 is 22.6 Å². The van der Waals surface area contributed by atoms with Crippen molar-refractivity contribution in [1.82, 2.24) is 9.55 Å². The van der Waals surface area contributed by atoms with Gasteiger partial charge in [-0.05, 0) is 54.3 Å². The van der Waals surface area contributed by atoms with Crippen molar-refractivity contribution in [2.45, 2.75) is 39.2 Å². The smallest absolute Gasteiger partial charge is 0.228 e. The first-order valence-corrected chi connectivity index (χ1v) is 11.1. The van der Waals surface area contributed by atoms with E-state index < -0.39 is 0 Å². The van der Waals surface area contributed by atoms with Gasteiger partial charge in [0, 0.05) is 18.7 Å². The number of carbonyl (C=O) groups is 1. The maximum Gasteiger partial charge on any atom is 0.228 e. The van der Waals surface area contributed by atoms with Crippen LogP contribution < -0.4 is 10.1 Å². The Hall–Kier alpha value is -3.60. The molecular weight excluding hydrogens is 398 g/mol. The molecule has 5 nitrogen and oxygen atoms in total. The highest BCUT2D eigenvalue weighted by Gasteiger charge is 2.12. The van der Waals surface area contributed by atoms with Crippen LogP contribution in [0.2, 0.25) is 0 Å². The van der Waals surface area contributed by atoms with E-state index in [9.17, 15) is 4.79 Å². The van der Waals surface area contributed by atoms with Gasteiger partial charge in [0.2, 0.25) is 5.91 Å². The molecule has 0 radical (unpaired) electrons. The maximum atomic E-state index is 12.7. The van der Waals surface area contributed by atoms with E-state index in [0.717, 1.165) is 59.7 Å². The number of fused-ring (bicyclic) bond motifs is 1. The predicted molar refractivity (Wildman–Crippen MR) is 129 cm³/mol. The van der Waals surface area contributed by atoms with Crippen LogP contribution >= 0.6 is 0 Å². The van der Waals surface area contributed by atoms with E-state index >= 15 is 0 Å². The molecule has 32 heavy (non-hydrogen) atoms. The molecule has 0 unspecified atom stereocenters. The molecule has 0 saturated carbocycles. The lowest BCUT2D eigenvalue weighted by Gasteiger charge is -2.12.